The Balaban J connectivity index is 2.37. The zero-order chi connectivity index (χ0) is 13.4. The van der Waals surface area contributed by atoms with Crippen LogP contribution in [0.3, 0.4) is 0 Å². The van der Waals surface area contributed by atoms with E-state index >= 15 is 0 Å². The van der Waals surface area contributed by atoms with Crippen molar-refractivity contribution in [3.8, 4) is 0 Å². The first-order chi connectivity index (χ1) is 8.65. The molecule has 0 aromatic rings. The summed E-state index contributed by atoms with van der Waals surface area (Å²) in [4.78, 5) is 13.6. The molecule has 106 valence electrons. The molecule has 0 bridgehead atoms. The fourth-order valence-electron chi connectivity index (χ4n) is 2.25. The molecular weight excluding hydrogens is 230 g/mol. The van der Waals surface area contributed by atoms with Crippen LogP contribution in [-0.2, 0) is 14.3 Å². The molecule has 0 aromatic heterocycles. The highest BCUT2D eigenvalue weighted by molar-refractivity contribution is 5.69. The minimum absolute atomic E-state index is 0.128. The highest BCUT2D eigenvalue weighted by Crippen LogP contribution is 2.15. The first-order valence-electron chi connectivity index (χ1n) is 7.06. The normalized spacial score (nSPS) is 21.2. The lowest BCUT2D eigenvalue weighted by atomic mass is 10.1. The molecule has 0 radical (unpaired) electrons. The van der Waals surface area contributed by atoms with E-state index in [2.05, 4.69) is 18.7 Å². The van der Waals surface area contributed by atoms with Crippen LogP contribution < -0.4 is 0 Å². The topological polar surface area (TPSA) is 38.8 Å². The zero-order valence-corrected chi connectivity index (χ0v) is 12.0. The number of nitrogens with zero attached hydrogens (tertiary/aromatic N) is 1. The van der Waals surface area contributed by atoms with Crippen molar-refractivity contribution in [1.82, 2.24) is 4.90 Å². The van der Waals surface area contributed by atoms with E-state index in [0.29, 0.717) is 18.4 Å². The monoisotopic (exact) mass is 257 g/mol. The van der Waals surface area contributed by atoms with Crippen molar-refractivity contribution in [2.24, 2.45) is 5.92 Å². The molecule has 4 nitrogen and oxygen atoms in total. The number of esters is 1. The lowest BCUT2D eigenvalue weighted by Crippen LogP contribution is -2.37. The highest BCUT2D eigenvalue weighted by atomic mass is 16.5. The molecule has 2 unspecified atom stereocenters. The van der Waals surface area contributed by atoms with E-state index < -0.39 is 0 Å². The van der Waals surface area contributed by atoms with Crippen molar-refractivity contribution in [3.05, 3.63) is 0 Å². The molecule has 0 spiro atoms. The number of hydrogen-bond donors (Lipinski definition) is 0. The molecule has 1 aliphatic heterocycles. The first kappa shape index (κ1) is 15.4. The van der Waals surface area contributed by atoms with Crippen LogP contribution >= 0.6 is 0 Å². The van der Waals surface area contributed by atoms with Gasteiger partial charge in [0.15, 0.2) is 0 Å². The molecule has 0 amide bonds. The number of ether oxygens (including phenoxy) is 2. The van der Waals surface area contributed by atoms with Crippen molar-refractivity contribution in [2.75, 3.05) is 33.4 Å². The predicted octanol–water partition coefficient (Wildman–Crippen LogP) is 2.08. The van der Waals surface area contributed by atoms with Gasteiger partial charge in [-0.2, -0.15) is 0 Å². The first-order valence-corrected chi connectivity index (χ1v) is 7.06. The SMILES string of the molecule is CCC(C)CN(CCC(=O)OC)CC1CCCO1. The molecule has 18 heavy (non-hydrogen) atoms. The molecule has 1 aliphatic rings. The molecule has 4 heteroatoms. The van der Waals surface area contributed by atoms with E-state index in [4.69, 9.17) is 9.47 Å². The van der Waals surface area contributed by atoms with Gasteiger partial charge in [-0.15, -0.1) is 0 Å². The quantitative estimate of drug-likeness (QED) is 0.624. The summed E-state index contributed by atoms with van der Waals surface area (Å²) in [5, 5.41) is 0. The standard InChI is InChI=1S/C14H27NO3/c1-4-12(2)10-15(8-7-14(16)17-3)11-13-6-5-9-18-13/h12-13H,4-11H2,1-3H3. The second-order valence-corrected chi connectivity index (χ2v) is 5.23. The zero-order valence-electron chi connectivity index (χ0n) is 12.0. The third-order valence-electron chi connectivity index (χ3n) is 3.61. The summed E-state index contributed by atoms with van der Waals surface area (Å²) in [6.45, 7) is 8.10. The van der Waals surface area contributed by atoms with Crippen molar-refractivity contribution in [1.29, 1.82) is 0 Å². The Labute approximate surface area is 111 Å². The Morgan fingerprint density at radius 2 is 2.33 bits per heavy atom. The smallest absolute Gasteiger partial charge is 0.306 e. The maximum atomic E-state index is 11.2. The van der Waals surface area contributed by atoms with E-state index in [-0.39, 0.29) is 5.97 Å². The van der Waals surface area contributed by atoms with Gasteiger partial charge in [0.05, 0.1) is 19.6 Å². The van der Waals surface area contributed by atoms with Gasteiger partial charge in [-0.3, -0.25) is 9.69 Å². The molecule has 1 rings (SSSR count). The molecule has 0 saturated carbocycles. The van der Waals surface area contributed by atoms with Crippen molar-refractivity contribution >= 4 is 5.97 Å². The molecule has 0 aliphatic carbocycles. The molecule has 1 saturated heterocycles. The minimum Gasteiger partial charge on any atom is -0.469 e. The van der Waals surface area contributed by atoms with Crippen LogP contribution in [0, 0.1) is 5.92 Å². The lowest BCUT2D eigenvalue weighted by molar-refractivity contribution is -0.141. The fourth-order valence-corrected chi connectivity index (χ4v) is 2.25. The summed E-state index contributed by atoms with van der Waals surface area (Å²) in [5.74, 6) is 0.528. The molecule has 0 aromatic carbocycles. The number of rotatable bonds is 8. The van der Waals surface area contributed by atoms with Gasteiger partial charge in [-0.25, -0.2) is 0 Å². The van der Waals surface area contributed by atoms with Gasteiger partial charge < -0.3 is 9.47 Å². The third kappa shape index (κ3) is 5.83. The summed E-state index contributed by atoms with van der Waals surface area (Å²) < 4.78 is 10.4. The molecule has 1 fully saturated rings. The highest BCUT2D eigenvalue weighted by Gasteiger charge is 2.20. The van der Waals surface area contributed by atoms with Crippen LogP contribution in [-0.4, -0.2) is 50.3 Å². The number of carbonyl (C=O) groups excluding carboxylic acids is 1. The molecule has 1 heterocycles. The minimum atomic E-state index is -0.128. The summed E-state index contributed by atoms with van der Waals surface area (Å²) in [6.07, 6.45) is 4.31. The maximum absolute atomic E-state index is 11.2. The molecule has 0 N–H and O–H groups in total. The van der Waals surface area contributed by atoms with Crippen LogP contribution in [0.4, 0.5) is 0 Å². The van der Waals surface area contributed by atoms with Gasteiger partial charge in [0.25, 0.3) is 0 Å². The van der Waals surface area contributed by atoms with Gasteiger partial charge in [0, 0.05) is 26.2 Å². The Kier molecular flexibility index (Phi) is 7.28. The lowest BCUT2D eigenvalue weighted by Gasteiger charge is -2.27. The van der Waals surface area contributed by atoms with E-state index in [1.165, 1.54) is 20.0 Å². The summed E-state index contributed by atoms with van der Waals surface area (Å²) in [7, 11) is 1.45. The average molecular weight is 257 g/mol. The number of methoxy groups -OCH3 is 1. The van der Waals surface area contributed by atoms with Gasteiger partial charge in [0.2, 0.25) is 0 Å². The fraction of sp³-hybridized carbons (Fsp3) is 0.929. The predicted molar refractivity (Wildman–Crippen MR) is 71.5 cm³/mol. The van der Waals surface area contributed by atoms with Crippen LogP contribution in [0.5, 0.6) is 0 Å². The second kappa shape index (κ2) is 8.48. The summed E-state index contributed by atoms with van der Waals surface area (Å²) in [5.41, 5.74) is 0. The number of carbonyl (C=O) groups is 1. The van der Waals surface area contributed by atoms with E-state index in [1.807, 2.05) is 0 Å². The summed E-state index contributed by atoms with van der Waals surface area (Å²) in [6, 6.07) is 0. The molecular formula is C14H27NO3. The Hall–Kier alpha value is -0.610. The van der Waals surface area contributed by atoms with Crippen molar-refractivity contribution in [2.45, 2.75) is 45.6 Å². The molecule has 2 atom stereocenters. The van der Waals surface area contributed by atoms with E-state index in [9.17, 15) is 4.79 Å². The van der Waals surface area contributed by atoms with E-state index in [0.717, 1.165) is 32.7 Å². The largest absolute Gasteiger partial charge is 0.469 e. The van der Waals surface area contributed by atoms with Gasteiger partial charge in [-0.05, 0) is 18.8 Å². The van der Waals surface area contributed by atoms with Gasteiger partial charge in [0.1, 0.15) is 0 Å². The summed E-state index contributed by atoms with van der Waals surface area (Å²) >= 11 is 0. The Morgan fingerprint density at radius 1 is 1.56 bits per heavy atom. The maximum Gasteiger partial charge on any atom is 0.306 e. The second-order valence-electron chi connectivity index (χ2n) is 5.23. The third-order valence-corrected chi connectivity index (χ3v) is 3.61. The average Bonchev–Trinajstić information content (AvgIpc) is 2.88. The Bertz CT molecular complexity index is 239. The Morgan fingerprint density at radius 3 is 2.89 bits per heavy atom. The van der Waals surface area contributed by atoms with Crippen LogP contribution in [0.1, 0.15) is 39.5 Å². The van der Waals surface area contributed by atoms with Gasteiger partial charge in [-0.1, -0.05) is 20.3 Å². The van der Waals surface area contributed by atoms with Crippen LogP contribution in [0.25, 0.3) is 0 Å². The van der Waals surface area contributed by atoms with E-state index in [1.54, 1.807) is 0 Å². The van der Waals surface area contributed by atoms with Gasteiger partial charge >= 0.3 is 5.97 Å². The number of hydrogen-bond acceptors (Lipinski definition) is 4. The van der Waals surface area contributed by atoms with Crippen molar-refractivity contribution in [3.63, 3.8) is 0 Å². The van der Waals surface area contributed by atoms with Crippen molar-refractivity contribution < 1.29 is 14.3 Å². The van der Waals surface area contributed by atoms with Crippen LogP contribution in [0.2, 0.25) is 0 Å². The van der Waals surface area contributed by atoms with Crippen LogP contribution in [0.15, 0.2) is 0 Å².